The number of anilines is 1. The molecule has 0 spiro atoms. The summed E-state index contributed by atoms with van der Waals surface area (Å²) in [5.41, 5.74) is 0. The molecule has 84 valence electrons. The molecular formula is C11H13FN4. The maximum atomic E-state index is 12.7. The van der Waals surface area contributed by atoms with Gasteiger partial charge in [0.25, 0.3) is 0 Å². The van der Waals surface area contributed by atoms with Crippen molar-refractivity contribution in [3.05, 3.63) is 42.9 Å². The molecule has 1 N–H and O–H groups in total. The lowest BCUT2D eigenvalue weighted by Crippen LogP contribution is -2.07. The molecule has 0 aromatic carbocycles. The lowest BCUT2D eigenvalue weighted by molar-refractivity contribution is 0.584. The van der Waals surface area contributed by atoms with Crippen LogP contribution < -0.4 is 5.32 Å². The van der Waals surface area contributed by atoms with E-state index in [4.69, 9.17) is 0 Å². The summed E-state index contributed by atoms with van der Waals surface area (Å²) in [5, 5.41) is 3.06. The molecule has 0 radical (unpaired) electrons. The summed E-state index contributed by atoms with van der Waals surface area (Å²) in [5.74, 6) is 0.116. The van der Waals surface area contributed by atoms with Crippen LogP contribution in [0.1, 0.15) is 6.42 Å². The number of rotatable bonds is 5. The van der Waals surface area contributed by atoms with Crippen molar-refractivity contribution in [1.29, 1.82) is 0 Å². The van der Waals surface area contributed by atoms with E-state index in [1.54, 1.807) is 24.7 Å². The summed E-state index contributed by atoms with van der Waals surface area (Å²) >= 11 is 0. The van der Waals surface area contributed by atoms with Crippen LogP contribution in [-0.2, 0) is 6.54 Å². The van der Waals surface area contributed by atoms with Crippen molar-refractivity contribution in [3.8, 4) is 0 Å². The number of imidazole rings is 1. The average Bonchev–Trinajstić information content (AvgIpc) is 2.77. The standard InChI is InChI=1S/C11H13FN4/c12-10-3-1-4-11(15-10)14-5-2-7-16-8-6-13-9-16/h1,3-4,6,8-9H,2,5,7H2,(H,14,15). The number of hydrogen-bond acceptors (Lipinski definition) is 3. The van der Waals surface area contributed by atoms with E-state index >= 15 is 0 Å². The van der Waals surface area contributed by atoms with Crippen LogP contribution in [0.4, 0.5) is 10.2 Å². The first-order valence-electron chi connectivity index (χ1n) is 5.17. The van der Waals surface area contributed by atoms with E-state index in [0.29, 0.717) is 5.82 Å². The number of nitrogens with zero attached hydrogens (tertiary/aromatic N) is 3. The molecular weight excluding hydrogens is 207 g/mol. The molecule has 2 heterocycles. The SMILES string of the molecule is Fc1cccc(NCCCn2ccnc2)n1. The Morgan fingerprint density at radius 1 is 1.38 bits per heavy atom. The van der Waals surface area contributed by atoms with Gasteiger partial charge in [0.1, 0.15) is 5.82 Å². The zero-order valence-electron chi connectivity index (χ0n) is 8.81. The average molecular weight is 220 g/mol. The van der Waals surface area contributed by atoms with Gasteiger partial charge in [0.15, 0.2) is 0 Å². The van der Waals surface area contributed by atoms with Crippen LogP contribution in [0.2, 0.25) is 0 Å². The number of aromatic nitrogens is 3. The minimum atomic E-state index is -0.459. The van der Waals surface area contributed by atoms with Crippen molar-refractivity contribution in [3.63, 3.8) is 0 Å². The summed E-state index contributed by atoms with van der Waals surface area (Å²) in [6.07, 6.45) is 6.39. The van der Waals surface area contributed by atoms with Gasteiger partial charge in [-0.1, -0.05) is 6.07 Å². The Balaban J connectivity index is 1.72. The summed E-state index contributed by atoms with van der Waals surface area (Å²) in [6.45, 7) is 1.65. The van der Waals surface area contributed by atoms with Crippen molar-refractivity contribution >= 4 is 5.82 Å². The third kappa shape index (κ3) is 3.05. The van der Waals surface area contributed by atoms with Gasteiger partial charge in [0, 0.05) is 25.5 Å². The second kappa shape index (κ2) is 5.25. The maximum absolute atomic E-state index is 12.7. The molecule has 16 heavy (non-hydrogen) atoms. The van der Waals surface area contributed by atoms with E-state index in [-0.39, 0.29) is 0 Å². The van der Waals surface area contributed by atoms with Gasteiger partial charge in [0.2, 0.25) is 5.95 Å². The fourth-order valence-electron chi connectivity index (χ4n) is 1.40. The molecule has 2 rings (SSSR count). The first-order chi connectivity index (χ1) is 7.84. The molecule has 0 unspecified atom stereocenters. The minimum Gasteiger partial charge on any atom is -0.370 e. The summed E-state index contributed by atoms with van der Waals surface area (Å²) < 4.78 is 14.7. The molecule has 0 saturated heterocycles. The van der Waals surface area contributed by atoms with Crippen molar-refractivity contribution in [2.24, 2.45) is 0 Å². The van der Waals surface area contributed by atoms with E-state index in [2.05, 4.69) is 15.3 Å². The smallest absolute Gasteiger partial charge is 0.214 e. The van der Waals surface area contributed by atoms with Crippen molar-refractivity contribution in [1.82, 2.24) is 14.5 Å². The molecule has 0 saturated carbocycles. The number of aryl methyl sites for hydroxylation is 1. The highest BCUT2D eigenvalue weighted by atomic mass is 19.1. The molecule has 0 fully saturated rings. The Labute approximate surface area is 93.2 Å². The van der Waals surface area contributed by atoms with Crippen molar-refractivity contribution in [2.75, 3.05) is 11.9 Å². The fraction of sp³-hybridized carbons (Fsp3) is 0.273. The topological polar surface area (TPSA) is 42.7 Å². The summed E-state index contributed by atoms with van der Waals surface area (Å²) in [4.78, 5) is 7.66. The van der Waals surface area contributed by atoms with Gasteiger partial charge in [-0.25, -0.2) is 9.97 Å². The van der Waals surface area contributed by atoms with E-state index in [1.165, 1.54) is 6.07 Å². The van der Waals surface area contributed by atoms with Crippen molar-refractivity contribution < 1.29 is 4.39 Å². The summed E-state index contributed by atoms with van der Waals surface area (Å²) in [7, 11) is 0. The van der Waals surface area contributed by atoms with E-state index < -0.39 is 5.95 Å². The van der Waals surface area contributed by atoms with Gasteiger partial charge in [-0.2, -0.15) is 4.39 Å². The molecule has 4 nitrogen and oxygen atoms in total. The number of halogens is 1. The highest BCUT2D eigenvalue weighted by molar-refractivity contribution is 5.33. The quantitative estimate of drug-likeness (QED) is 0.618. The zero-order chi connectivity index (χ0) is 11.2. The van der Waals surface area contributed by atoms with Crippen LogP contribution in [0.5, 0.6) is 0 Å². The van der Waals surface area contributed by atoms with Crippen LogP contribution in [0, 0.1) is 5.95 Å². The molecule has 0 aliphatic carbocycles. The Kier molecular flexibility index (Phi) is 3.48. The second-order valence-corrected chi connectivity index (χ2v) is 3.43. The van der Waals surface area contributed by atoms with Crippen LogP contribution in [0.3, 0.4) is 0 Å². The Morgan fingerprint density at radius 3 is 3.06 bits per heavy atom. The molecule has 0 atom stereocenters. The lowest BCUT2D eigenvalue weighted by Gasteiger charge is -2.05. The number of hydrogen-bond donors (Lipinski definition) is 1. The predicted molar refractivity (Wildman–Crippen MR) is 59.5 cm³/mol. The van der Waals surface area contributed by atoms with Gasteiger partial charge < -0.3 is 9.88 Å². The molecule has 5 heteroatoms. The van der Waals surface area contributed by atoms with E-state index in [9.17, 15) is 4.39 Å². The van der Waals surface area contributed by atoms with Crippen LogP contribution in [-0.4, -0.2) is 21.1 Å². The molecule has 0 aliphatic rings. The van der Waals surface area contributed by atoms with Gasteiger partial charge in [-0.05, 0) is 18.6 Å². The molecule has 0 amide bonds. The molecule has 0 bridgehead atoms. The summed E-state index contributed by atoms with van der Waals surface area (Å²) in [6, 6.07) is 4.72. The van der Waals surface area contributed by atoms with Crippen molar-refractivity contribution in [2.45, 2.75) is 13.0 Å². The molecule has 0 aliphatic heterocycles. The number of nitrogens with one attached hydrogen (secondary N) is 1. The van der Waals surface area contributed by atoms with E-state index in [1.807, 2.05) is 10.8 Å². The first kappa shape index (κ1) is 10.6. The van der Waals surface area contributed by atoms with E-state index in [0.717, 1.165) is 19.5 Å². The van der Waals surface area contributed by atoms with Gasteiger partial charge in [-0.3, -0.25) is 0 Å². The Hall–Kier alpha value is -1.91. The normalized spacial score (nSPS) is 10.3. The molecule has 2 aromatic heterocycles. The Morgan fingerprint density at radius 2 is 2.31 bits per heavy atom. The Bertz CT molecular complexity index is 427. The molecule has 2 aromatic rings. The highest BCUT2D eigenvalue weighted by Gasteiger charge is 1.95. The third-order valence-electron chi connectivity index (χ3n) is 2.17. The number of pyridine rings is 1. The third-order valence-corrected chi connectivity index (χ3v) is 2.17. The van der Waals surface area contributed by atoms with Gasteiger partial charge >= 0.3 is 0 Å². The first-order valence-corrected chi connectivity index (χ1v) is 5.17. The highest BCUT2D eigenvalue weighted by Crippen LogP contribution is 2.03. The predicted octanol–water partition coefficient (Wildman–Crippen LogP) is 1.92. The monoisotopic (exact) mass is 220 g/mol. The van der Waals surface area contributed by atoms with Gasteiger partial charge in [0.05, 0.1) is 6.33 Å². The minimum absolute atomic E-state index is 0.459. The van der Waals surface area contributed by atoms with Gasteiger partial charge in [-0.15, -0.1) is 0 Å². The van der Waals surface area contributed by atoms with Crippen LogP contribution >= 0.6 is 0 Å². The van der Waals surface area contributed by atoms with Crippen LogP contribution in [0.15, 0.2) is 36.9 Å². The zero-order valence-corrected chi connectivity index (χ0v) is 8.81. The fourth-order valence-corrected chi connectivity index (χ4v) is 1.40. The lowest BCUT2D eigenvalue weighted by atomic mass is 10.4. The maximum Gasteiger partial charge on any atom is 0.214 e. The largest absolute Gasteiger partial charge is 0.370 e. The van der Waals surface area contributed by atoms with Crippen LogP contribution in [0.25, 0.3) is 0 Å². The second-order valence-electron chi connectivity index (χ2n) is 3.43.